The lowest BCUT2D eigenvalue weighted by Crippen LogP contribution is -2.39. The number of ether oxygens (including phenoxy) is 2. The molecule has 9 heteroatoms. The van der Waals surface area contributed by atoms with Crippen LogP contribution in [0.15, 0.2) is 54.7 Å². The number of piperidine rings is 1. The zero-order chi connectivity index (χ0) is 23.7. The fraction of sp³-hybridized carbons (Fsp3) is 0.280. The molecule has 174 valence electrons. The molecular formula is C25H26N6O3. The minimum absolute atomic E-state index is 0.109. The quantitative estimate of drug-likeness (QED) is 0.473. The highest BCUT2D eigenvalue weighted by atomic mass is 16.5. The van der Waals surface area contributed by atoms with Crippen molar-refractivity contribution in [1.29, 1.82) is 0 Å². The van der Waals surface area contributed by atoms with Gasteiger partial charge in [-0.15, -0.1) is 0 Å². The molecule has 0 radical (unpaired) electrons. The monoisotopic (exact) mass is 458 g/mol. The van der Waals surface area contributed by atoms with Crippen molar-refractivity contribution in [2.75, 3.05) is 32.2 Å². The molecule has 0 saturated carbocycles. The topological polar surface area (TPSA) is 108 Å². The summed E-state index contributed by atoms with van der Waals surface area (Å²) in [5, 5.41) is 5.61. The predicted octanol–water partition coefficient (Wildman–Crippen LogP) is 3.20. The molecule has 0 spiro atoms. The third-order valence-electron chi connectivity index (χ3n) is 6.22. The largest absolute Gasteiger partial charge is 0.493 e. The SMILES string of the molecule is COc1cc2nc(N3CCC(C(N)=O)CC3)nc(-c3ccn(-c4ccccc4)n3)c2cc1OC. The van der Waals surface area contributed by atoms with Gasteiger partial charge in [-0.05, 0) is 37.1 Å². The van der Waals surface area contributed by atoms with Gasteiger partial charge < -0.3 is 20.1 Å². The molecule has 1 amide bonds. The third-order valence-corrected chi connectivity index (χ3v) is 6.22. The van der Waals surface area contributed by atoms with Crippen LogP contribution >= 0.6 is 0 Å². The molecule has 1 aliphatic heterocycles. The summed E-state index contributed by atoms with van der Waals surface area (Å²) in [5.74, 6) is 1.42. The van der Waals surface area contributed by atoms with Gasteiger partial charge in [0.25, 0.3) is 0 Å². The highest BCUT2D eigenvalue weighted by molar-refractivity contribution is 5.94. The molecule has 5 rings (SSSR count). The van der Waals surface area contributed by atoms with Crippen LogP contribution < -0.4 is 20.1 Å². The Bertz CT molecular complexity index is 1330. The van der Waals surface area contributed by atoms with Crippen LogP contribution in [-0.2, 0) is 4.79 Å². The third kappa shape index (κ3) is 4.00. The van der Waals surface area contributed by atoms with E-state index in [4.69, 9.17) is 30.3 Å². The Morgan fingerprint density at radius 3 is 2.38 bits per heavy atom. The van der Waals surface area contributed by atoms with Crippen molar-refractivity contribution in [2.24, 2.45) is 11.7 Å². The molecule has 3 heterocycles. The summed E-state index contributed by atoms with van der Waals surface area (Å²) in [6.45, 7) is 1.31. The fourth-order valence-corrected chi connectivity index (χ4v) is 4.32. The van der Waals surface area contributed by atoms with Gasteiger partial charge in [0.15, 0.2) is 11.5 Å². The number of carbonyl (C=O) groups excluding carboxylic acids is 1. The summed E-state index contributed by atoms with van der Waals surface area (Å²) in [4.78, 5) is 23.4. The number of rotatable bonds is 6. The summed E-state index contributed by atoms with van der Waals surface area (Å²) in [5.41, 5.74) is 8.62. The Kier molecular flexibility index (Phi) is 5.75. The van der Waals surface area contributed by atoms with Crippen molar-refractivity contribution >= 4 is 22.8 Å². The molecule has 2 N–H and O–H groups in total. The Labute approximate surface area is 197 Å². The number of nitrogens with zero attached hydrogens (tertiary/aromatic N) is 5. The lowest BCUT2D eigenvalue weighted by atomic mass is 9.96. The van der Waals surface area contributed by atoms with Crippen LogP contribution in [0.25, 0.3) is 28.0 Å². The minimum Gasteiger partial charge on any atom is -0.493 e. The van der Waals surface area contributed by atoms with Crippen molar-refractivity contribution in [3.63, 3.8) is 0 Å². The summed E-state index contributed by atoms with van der Waals surface area (Å²) in [6.07, 6.45) is 3.28. The number of carbonyl (C=O) groups is 1. The maximum Gasteiger partial charge on any atom is 0.226 e. The van der Waals surface area contributed by atoms with E-state index in [2.05, 4.69) is 4.90 Å². The fourth-order valence-electron chi connectivity index (χ4n) is 4.32. The zero-order valence-corrected chi connectivity index (χ0v) is 19.1. The lowest BCUT2D eigenvalue weighted by Gasteiger charge is -2.30. The molecule has 4 aromatic rings. The van der Waals surface area contributed by atoms with E-state index in [1.54, 1.807) is 14.2 Å². The average Bonchev–Trinajstić information content (AvgIpc) is 3.38. The molecule has 0 atom stereocenters. The van der Waals surface area contributed by atoms with Gasteiger partial charge in [0.2, 0.25) is 11.9 Å². The number of methoxy groups -OCH3 is 2. The molecule has 2 aromatic carbocycles. The van der Waals surface area contributed by atoms with Gasteiger partial charge in [0, 0.05) is 36.7 Å². The van der Waals surface area contributed by atoms with E-state index in [0.29, 0.717) is 49.1 Å². The number of benzene rings is 2. The summed E-state index contributed by atoms with van der Waals surface area (Å²) in [6, 6.07) is 15.6. The van der Waals surface area contributed by atoms with Crippen molar-refractivity contribution in [3.05, 3.63) is 54.7 Å². The van der Waals surface area contributed by atoms with Crippen LogP contribution in [0, 0.1) is 5.92 Å². The first-order valence-corrected chi connectivity index (χ1v) is 11.2. The number of hydrogen-bond donors (Lipinski definition) is 1. The van der Waals surface area contributed by atoms with Gasteiger partial charge >= 0.3 is 0 Å². The average molecular weight is 459 g/mol. The first-order valence-electron chi connectivity index (χ1n) is 11.2. The van der Waals surface area contributed by atoms with Crippen molar-refractivity contribution < 1.29 is 14.3 Å². The Balaban J connectivity index is 1.62. The first-order chi connectivity index (χ1) is 16.6. The highest BCUT2D eigenvalue weighted by Crippen LogP contribution is 2.36. The molecule has 1 fully saturated rings. The molecule has 2 aromatic heterocycles. The number of amides is 1. The molecular weight excluding hydrogens is 432 g/mol. The Morgan fingerprint density at radius 2 is 1.71 bits per heavy atom. The molecule has 34 heavy (non-hydrogen) atoms. The number of aromatic nitrogens is 4. The second-order valence-electron chi connectivity index (χ2n) is 8.24. The Hall–Kier alpha value is -4.14. The van der Waals surface area contributed by atoms with Crippen LogP contribution in [0.3, 0.4) is 0 Å². The van der Waals surface area contributed by atoms with Crippen LogP contribution in [0.2, 0.25) is 0 Å². The standard InChI is InChI=1S/C25H26N6O3/c1-33-21-14-18-20(15-22(21)34-2)27-25(30-11-8-16(9-12-30)24(26)32)28-23(18)19-10-13-31(29-19)17-6-4-3-5-7-17/h3-7,10,13-16H,8-9,11-12H2,1-2H3,(H2,26,32). The van der Waals surface area contributed by atoms with E-state index in [1.165, 1.54) is 0 Å². The number of primary amides is 1. The number of para-hydroxylation sites is 1. The molecule has 0 unspecified atom stereocenters. The first kappa shape index (κ1) is 21.7. The van der Waals surface area contributed by atoms with Crippen molar-refractivity contribution in [3.8, 4) is 28.6 Å². The molecule has 0 aliphatic carbocycles. The van der Waals surface area contributed by atoms with E-state index < -0.39 is 0 Å². The Morgan fingerprint density at radius 1 is 1.00 bits per heavy atom. The number of fused-ring (bicyclic) bond motifs is 1. The number of hydrogen-bond acceptors (Lipinski definition) is 7. The van der Waals surface area contributed by atoms with Crippen LogP contribution in [-0.4, -0.2) is 53.0 Å². The van der Waals surface area contributed by atoms with E-state index in [-0.39, 0.29) is 11.8 Å². The van der Waals surface area contributed by atoms with E-state index in [9.17, 15) is 4.79 Å². The summed E-state index contributed by atoms with van der Waals surface area (Å²) >= 11 is 0. The summed E-state index contributed by atoms with van der Waals surface area (Å²) < 4.78 is 12.9. The van der Waals surface area contributed by atoms with Crippen molar-refractivity contribution in [1.82, 2.24) is 19.7 Å². The normalized spacial score (nSPS) is 14.4. The molecule has 1 aliphatic rings. The number of anilines is 1. The van der Waals surface area contributed by atoms with E-state index in [1.807, 2.05) is 59.4 Å². The maximum atomic E-state index is 11.6. The van der Waals surface area contributed by atoms with Gasteiger partial charge in [-0.25, -0.2) is 14.6 Å². The zero-order valence-electron chi connectivity index (χ0n) is 19.1. The van der Waals surface area contributed by atoms with Crippen LogP contribution in [0.5, 0.6) is 11.5 Å². The molecule has 0 bridgehead atoms. The highest BCUT2D eigenvalue weighted by Gasteiger charge is 2.26. The summed E-state index contributed by atoms with van der Waals surface area (Å²) in [7, 11) is 3.20. The molecule has 1 saturated heterocycles. The molecule has 9 nitrogen and oxygen atoms in total. The van der Waals surface area contributed by atoms with Gasteiger partial charge in [0.05, 0.1) is 25.4 Å². The number of nitrogens with two attached hydrogens (primary N) is 1. The van der Waals surface area contributed by atoms with E-state index >= 15 is 0 Å². The van der Waals surface area contributed by atoms with Gasteiger partial charge in [-0.1, -0.05) is 18.2 Å². The van der Waals surface area contributed by atoms with Gasteiger partial charge in [-0.2, -0.15) is 5.10 Å². The second-order valence-corrected chi connectivity index (χ2v) is 8.24. The predicted molar refractivity (Wildman–Crippen MR) is 129 cm³/mol. The minimum atomic E-state index is -0.247. The van der Waals surface area contributed by atoms with Crippen LogP contribution in [0.1, 0.15) is 12.8 Å². The smallest absolute Gasteiger partial charge is 0.226 e. The second kappa shape index (κ2) is 9.01. The van der Waals surface area contributed by atoms with Gasteiger partial charge in [-0.3, -0.25) is 4.79 Å². The van der Waals surface area contributed by atoms with Crippen LogP contribution in [0.4, 0.5) is 5.95 Å². The van der Waals surface area contributed by atoms with E-state index in [0.717, 1.165) is 22.3 Å². The lowest BCUT2D eigenvalue weighted by molar-refractivity contribution is -0.122. The van der Waals surface area contributed by atoms with Crippen molar-refractivity contribution in [2.45, 2.75) is 12.8 Å². The maximum absolute atomic E-state index is 11.6. The van der Waals surface area contributed by atoms with Gasteiger partial charge in [0.1, 0.15) is 11.4 Å².